The predicted octanol–water partition coefficient (Wildman–Crippen LogP) is 1.22. The van der Waals surface area contributed by atoms with Crippen molar-refractivity contribution < 1.29 is 22.9 Å². The van der Waals surface area contributed by atoms with Crippen molar-refractivity contribution in [2.45, 2.75) is 31.5 Å². The number of benzene rings is 1. The zero-order valence-corrected chi connectivity index (χ0v) is 15.3. The van der Waals surface area contributed by atoms with E-state index >= 15 is 0 Å². The van der Waals surface area contributed by atoms with Gasteiger partial charge < -0.3 is 15.1 Å². The van der Waals surface area contributed by atoms with Crippen LogP contribution in [0, 0.1) is 17.2 Å². The average Bonchev–Trinajstić information content (AvgIpc) is 3.47. The maximum absolute atomic E-state index is 12.9. The van der Waals surface area contributed by atoms with Gasteiger partial charge in [0.25, 0.3) is 5.91 Å². The molecule has 1 saturated heterocycles. The molecule has 1 aliphatic heterocycles. The summed E-state index contributed by atoms with van der Waals surface area (Å²) in [6.45, 7) is 4.54. The van der Waals surface area contributed by atoms with Crippen LogP contribution in [0.1, 0.15) is 25.3 Å². The van der Waals surface area contributed by atoms with Crippen LogP contribution in [0.25, 0.3) is 0 Å². The third-order valence-electron chi connectivity index (χ3n) is 5.44. The van der Waals surface area contributed by atoms with Gasteiger partial charge in [0, 0.05) is 5.69 Å². The summed E-state index contributed by atoms with van der Waals surface area (Å²) in [5.41, 5.74) is -0.889. The zero-order chi connectivity index (χ0) is 19.7. The monoisotopic (exact) mass is 381 g/mol. The first-order valence-electron chi connectivity index (χ1n) is 9.19. The molecular formula is C19H24F3N4O+. The van der Waals surface area contributed by atoms with Crippen LogP contribution in [0.3, 0.4) is 0 Å². The van der Waals surface area contributed by atoms with Crippen molar-refractivity contribution in [3.63, 3.8) is 0 Å². The number of quaternary nitrogens is 1. The van der Waals surface area contributed by atoms with Gasteiger partial charge in [-0.1, -0.05) is 6.07 Å². The summed E-state index contributed by atoms with van der Waals surface area (Å²) in [6.07, 6.45) is -2.42. The Kier molecular flexibility index (Phi) is 5.33. The van der Waals surface area contributed by atoms with Crippen molar-refractivity contribution >= 4 is 11.6 Å². The molecule has 0 aromatic heterocycles. The van der Waals surface area contributed by atoms with Gasteiger partial charge in [0.2, 0.25) is 0 Å². The second kappa shape index (κ2) is 7.39. The topological polar surface area (TPSA) is 60.6 Å². The summed E-state index contributed by atoms with van der Waals surface area (Å²) in [5, 5.41) is 12.2. The van der Waals surface area contributed by atoms with Gasteiger partial charge in [0.1, 0.15) is 5.54 Å². The van der Waals surface area contributed by atoms with Crippen LogP contribution < -0.4 is 15.1 Å². The average molecular weight is 381 g/mol. The molecular weight excluding hydrogens is 357 g/mol. The molecule has 1 aromatic carbocycles. The van der Waals surface area contributed by atoms with Crippen LogP contribution in [-0.4, -0.2) is 44.2 Å². The van der Waals surface area contributed by atoms with Crippen LogP contribution in [0.2, 0.25) is 0 Å². The molecule has 2 N–H and O–H groups in total. The molecule has 0 unspecified atom stereocenters. The number of hydrogen-bond donors (Lipinski definition) is 2. The van der Waals surface area contributed by atoms with E-state index in [4.69, 9.17) is 0 Å². The lowest BCUT2D eigenvalue weighted by Gasteiger charge is -2.34. The van der Waals surface area contributed by atoms with Gasteiger partial charge in [0.05, 0.1) is 37.8 Å². The Balaban J connectivity index is 1.52. The van der Waals surface area contributed by atoms with E-state index < -0.39 is 17.3 Å². The second-order valence-electron chi connectivity index (χ2n) is 7.60. The molecule has 1 heterocycles. The number of nitriles is 1. The van der Waals surface area contributed by atoms with Crippen molar-refractivity contribution in [2.24, 2.45) is 5.92 Å². The molecule has 2 aliphatic rings. The number of nitrogens with one attached hydrogen (secondary N) is 2. The molecule has 3 rings (SSSR count). The van der Waals surface area contributed by atoms with Gasteiger partial charge in [-0.05, 0) is 43.9 Å². The Hall–Kier alpha value is -2.27. The standard InChI is InChI=1S/C19H23F3N4O/c1-18(13-23,14-5-6-14)24-17(27)12-25-7-9-26(10-8-25)16-4-2-3-15(11-16)19(20,21)22/h2-4,11,14H,5-10,12H2,1H3,(H,24,27)/p+1/t18-/m0/s1. The van der Waals surface area contributed by atoms with Crippen LogP contribution >= 0.6 is 0 Å². The first kappa shape index (κ1) is 19.5. The van der Waals surface area contributed by atoms with Gasteiger partial charge in [-0.2, -0.15) is 18.4 Å². The summed E-state index contributed by atoms with van der Waals surface area (Å²) in [6, 6.07) is 7.56. The molecule has 146 valence electrons. The van der Waals surface area contributed by atoms with E-state index in [1.807, 2.05) is 4.90 Å². The van der Waals surface area contributed by atoms with Crippen LogP contribution in [0.15, 0.2) is 24.3 Å². The second-order valence-corrected chi connectivity index (χ2v) is 7.60. The SMILES string of the molecule is C[C@@](C#N)(NC(=O)C[NH+]1CCN(c2cccc(C(F)(F)F)c2)CC1)C1CC1. The van der Waals surface area contributed by atoms with Crippen molar-refractivity contribution in [1.29, 1.82) is 5.26 Å². The predicted molar refractivity (Wildman–Crippen MR) is 94.1 cm³/mol. The van der Waals surface area contributed by atoms with Crippen LogP contribution in [0.4, 0.5) is 18.9 Å². The number of rotatable bonds is 5. The number of nitrogens with zero attached hydrogens (tertiary/aromatic N) is 2. The number of hydrogen-bond acceptors (Lipinski definition) is 3. The lowest BCUT2D eigenvalue weighted by atomic mass is 9.98. The van der Waals surface area contributed by atoms with E-state index in [1.165, 1.54) is 12.1 Å². The van der Waals surface area contributed by atoms with E-state index in [2.05, 4.69) is 11.4 Å². The fourth-order valence-corrected chi connectivity index (χ4v) is 3.58. The van der Waals surface area contributed by atoms with E-state index in [0.29, 0.717) is 31.9 Å². The third kappa shape index (κ3) is 4.72. The molecule has 8 heteroatoms. The first-order valence-corrected chi connectivity index (χ1v) is 9.19. The lowest BCUT2D eigenvalue weighted by Crippen LogP contribution is -3.16. The maximum atomic E-state index is 12.9. The van der Waals surface area contributed by atoms with Gasteiger partial charge in [-0.3, -0.25) is 4.79 Å². The Morgan fingerprint density at radius 2 is 2.00 bits per heavy atom. The fourth-order valence-electron chi connectivity index (χ4n) is 3.58. The summed E-state index contributed by atoms with van der Waals surface area (Å²) < 4.78 is 38.6. The largest absolute Gasteiger partial charge is 0.416 e. The van der Waals surface area contributed by atoms with E-state index in [-0.39, 0.29) is 18.4 Å². The minimum atomic E-state index is -4.35. The molecule has 1 aromatic rings. The highest BCUT2D eigenvalue weighted by Crippen LogP contribution is 2.39. The fraction of sp³-hybridized carbons (Fsp3) is 0.579. The Labute approximate surface area is 156 Å². The maximum Gasteiger partial charge on any atom is 0.416 e. The molecule has 1 saturated carbocycles. The summed E-state index contributed by atoms with van der Waals surface area (Å²) in [4.78, 5) is 15.3. The smallest absolute Gasteiger partial charge is 0.360 e. The number of alkyl halides is 3. The number of anilines is 1. The quantitative estimate of drug-likeness (QED) is 0.806. The number of carbonyl (C=O) groups excluding carboxylic acids is 1. The lowest BCUT2D eigenvalue weighted by molar-refractivity contribution is -0.892. The molecule has 5 nitrogen and oxygen atoms in total. The molecule has 0 spiro atoms. The van der Waals surface area contributed by atoms with E-state index in [9.17, 15) is 23.2 Å². The van der Waals surface area contributed by atoms with Crippen molar-refractivity contribution in [1.82, 2.24) is 5.32 Å². The molecule has 1 amide bonds. The summed E-state index contributed by atoms with van der Waals surface area (Å²) in [7, 11) is 0. The van der Waals surface area contributed by atoms with Gasteiger partial charge in [-0.25, -0.2) is 0 Å². The highest BCUT2D eigenvalue weighted by atomic mass is 19.4. The van der Waals surface area contributed by atoms with E-state index in [1.54, 1.807) is 13.0 Å². The van der Waals surface area contributed by atoms with E-state index in [0.717, 1.165) is 23.8 Å². The highest BCUT2D eigenvalue weighted by molar-refractivity contribution is 5.78. The molecule has 0 radical (unpaired) electrons. The molecule has 27 heavy (non-hydrogen) atoms. The Morgan fingerprint density at radius 1 is 1.33 bits per heavy atom. The number of halogens is 3. The van der Waals surface area contributed by atoms with Crippen molar-refractivity contribution in [2.75, 3.05) is 37.6 Å². The number of carbonyl (C=O) groups is 1. The minimum absolute atomic E-state index is 0.145. The normalized spacial score (nSPS) is 20.6. The van der Waals surface area contributed by atoms with Gasteiger partial charge >= 0.3 is 6.18 Å². The van der Waals surface area contributed by atoms with Crippen LogP contribution in [0.5, 0.6) is 0 Å². The number of piperazine rings is 1. The Bertz CT molecular complexity index is 733. The highest BCUT2D eigenvalue weighted by Gasteiger charge is 2.43. The molecule has 2 fully saturated rings. The molecule has 1 atom stereocenters. The third-order valence-corrected chi connectivity index (χ3v) is 5.44. The van der Waals surface area contributed by atoms with Gasteiger partial charge in [-0.15, -0.1) is 0 Å². The molecule has 1 aliphatic carbocycles. The summed E-state index contributed by atoms with van der Waals surface area (Å²) in [5.74, 6) is 0.0904. The number of amides is 1. The Morgan fingerprint density at radius 3 is 2.56 bits per heavy atom. The van der Waals surface area contributed by atoms with Gasteiger partial charge in [0.15, 0.2) is 6.54 Å². The minimum Gasteiger partial charge on any atom is -0.360 e. The zero-order valence-electron chi connectivity index (χ0n) is 15.3. The van der Waals surface area contributed by atoms with Crippen molar-refractivity contribution in [3.05, 3.63) is 29.8 Å². The first-order chi connectivity index (χ1) is 12.7. The van der Waals surface area contributed by atoms with Crippen molar-refractivity contribution in [3.8, 4) is 6.07 Å². The molecule has 0 bridgehead atoms. The van der Waals surface area contributed by atoms with Crippen LogP contribution in [-0.2, 0) is 11.0 Å². The summed E-state index contributed by atoms with van der Waals surface area (Å²) >= 11 is 0.